The van der Waals surface area contributed by atoms with Gasteiger partial charge in [0.1, 0.15) is 6.20 Å². The van der Waals surface area contributed by atoms with Crippen molar-refractivity contribution in [2.75, 3.05) is 0 Å². The Hall–Kier alpha value is -2.54. The standard InChI is InChI=1S/C14H11N3O3S.C2H6/c1-10-12-7-8-16(14(12)15-9-13(10)17(18)19)21(20)11-5-3-2-4-6-11;1-2/h2-9H,1H3;1-2H3. The van der Waals surface area contributed by atoms with Gasteiger partial charge >= 0.3 is 0 Å². The lowest BCUT2D eigenvalue weighted by Crippen LogP contribution is -2.04. The molecule has 0 N–H and O–H groups in total. The quantitative estimate of drug-likeness (QED) is 0.539. The van der Waals surface area contributed by atoms with Crippen molar-refractivity contribution in [3.8, 4) is 0 Å². The van der Waals surface area contributed by atoms with Gasteiger partial charge < -0.3 is 0 Å². The molecule has 1 unspecified atom stereocenters. The SMILES string of the molecule is CC.Cc1c([N+](=O)[O-])cnc2c1ccn2S(=O)c1ccccc1. The van der Waals surface area contributed by atoms with E-state index >= 15 is 0 Å². The average Bonchev–Trinajstić information content (AvgIpc) is 3.02. The third kappa shape index (κ3) is 3.14. The molecule has 6 nitrogen and oxygen atoms in total. The fourth-order valence-electron chi connectivity index (χ4n) is 2.15. The van der Waals surface area contributed by atoms with Crippen LogP contribution in [0.5, 0.6) is 0 Å². The van der Waals surface area contributed by atoms with Gasteiger partial charge in [-0.1, -0.05) is 32.0 Å². The van der Waals surface area contributed by atoms with E-state index in [0.717, 1.165) is 0 Å². The molecule has 0 radical (unpaired) electrons. The predicted molar refractivity (Wildman–Crippen MR) is 90.7 cm³/mol. The topological polar surface area (TPSA) is 78.0 Å². The van der Waals surface area contributed by atoms with Crippen LogP contribution in [0.1, 0.15) is 19.4 Å². The molecule has 23 heavy (non-hydrogen) atoms. The van der Waals surface area contributed by atoms with Crippen LogP contribution in [-0.4, -0.2) is 18.1 Å². The highest BCUT2D eigenvalue weighted by atomic mass is 32.2. The molecule has 0 amide bonds. The van der Waals surface area contributed by atoms with Crippen molar-refractivity contribution in [2.24, 2.45) is 0 Å². The predicted octanol–water partition coefficient (Wildman–Crippen LogP) is 3.85. The van der Waals surface area contributed by atoms with E-state index < -0.39 is 15.9 Å². The maximum absolute atomic E-state index is 12.6. The van der Waals surface area contributed by atoms with Crippen molar-refractivity contribution >= 4 is 27.7 Å². The van der Waals surface area contributed by atoms with Gasteiger partial charge in [-0.2, -0.15) is 0 Å². The molecule has 7 heteroatoms. The van der Waals surface area contributed by atoms with Gasteiger partial charge in [-0.25, -0.2) is 13.2 Å². The lowest BCUT2D eigenvalue weighted by atomic mass is 10.2. The normalized spacial score (nSPS) is 11.6. The summed E-state index contributed by atoms with van der Waals surface area (Å²) in [6.07, 6.45) is 2.84. The third-order valence-electron chi connectivity index (χ3n) is 3.24. The molecule has 0 bridgehead atoms. The molecule has 120 valence electrons. The number of rotatable bonds is 3. The highest BCUT2D eigenvalue weighted by Gasteiger charge is 2.18. The van der Waals surface area contributed by atoms with Crippen molar-refractivity contribution in [1.29, 1.82) is 0 Å². The molecule has 2 aromatic heterocycles. The molecular formula is C16H17N3O3S. The lowest BCUT2D eigenvalue weighted by molar-refractivity contribution is -0.385. The molecule has 1 aromatic carbocycles. The highest BCUT2D eigenvalue weighted by molar-refractivity contribution is 7.83. The number of fused-ring (bicyclic) bond motifs is 1. The lowest BCUT2D eigenvalue weighted by Gasteiger charge is -2.05. The summed E-state index contributed by atoms with van der Waals surface area (Å²) in [7, 11) is -1.43. The van der Waals surface area contributed by atoms with Crippen LogP contribution in [0.4, 0.5) is 5.69 Å². The first-order chi connectivity index (χ1) is 11.1. The minimum atomic E-state index is -1.43. The fraction of sp³-hybridized carbons (Fsp3) is 0.188. The molecule has 0 saturated heterocycles. The number of pyridine rings is 1. The first kappa shape index (κ1) is 16.8. The smallest absolute Gasteiger partial charge is 0.258 e. The Balaban J connectivity index is 0.000000924. The largest absolute Gasteiger partial charge is 0.291 e. The molecule has 3 rings (SSSR count). The van der Waals surface area contributed by atoms with Crippen molar-refractivity contribution < 1.29 is 9.13 Å². The van der Waals surface area contributed by atoms with Crippen molar-refractivity contribution in [3.63, 3.8) is 0 Å². The van der Waals surface area contributed by atoms with Crippen LogP contribution in [-0.2, 0) is 11.0 Å². The van der Waals surface area contributed by atoms with Crippen LogP contribution < -0.4 is 0 Å². The van der Waals surface area contributed by atoms with E-state index in [1.807, 2.05) is 32.0 Å². The summed E-state index contributed by atoms with van der Waals surface area (Å²) in [5, 5.41) is 11.6. The molecule has 1 atom stereocenters. The van der Waals surface area contributed by atoms with Crippen LogP contribution >= 0.6 is 0 Å². The van der Waals surface area contributed by atoms with E-state index in [0.29, 0.717) is 21.5 Å². The van der Waals surface area contributed by atoms with Gasteiger partial charge in [0.2, 0.25) is 0 Å². The zero-order valence-corrected chi connectivity index (χ0v) is 13.9. The second-order valence-corrected chi connectivity index (χ2v) is 5.83. The molecule has 0 saturated carbocycles. The van der Waals surface area contributed by atoms with Crippen LogP contribution in [0.15, 0.2) is 53.7 Å². The molecule has 0 aliphatic heterocycles. The minimum Gasteiger partial charge on any atom is -0.258 e. The minimum absolute atomic E-state index is 0.0363. The molecule has 0 aliphatic rings. The number of hydrogen-bond acceptors (Lipinski definition) is 4. The van der Waals surface area contributed by atoms with Gasteiger partial charge in [0.05, 0.1) is 9.82 Å². The fourth-order valence-corrected chi connectivity index (χ4v) is 3.24. The van der Waals surface area contributed by atoms with Crippen LogP contribution in [0.25, 0.3) is 11.0 Å². The van der Waals surface area contributed by atoms with E-state index in [4.69, 9.17) is 0 Å². The van der Waals surface area contributed by atoms with Crippen molar-refractivity contribution in [2.45, 2.75) is 25.7 Å². The van der Waals surface area contributed by atoms with Crippen molar-refractivity contribution in [1.82, 2.24) is 8.96 Å². The zero-order valence-electron chi connectivity index (χ0n) is 13.1. The van der Waals surface area contributed by atoms with Gasteiger partial charge in [0, 0.05) is 17.1 Å². The number of aromatic nitrogens is 2. The Labute approximate surface area is 136 Å². The second kappa shape index (κ2) is 7.15. The summed E-state index contributed by atoms with van der Waals surface area (Å²) in [6, 6.07) is 10.7. The first-order valence-electron chi connectivity index (χ1n) is 7.18. The van der Waals surface area contributed by atoms with E-state index in [1.54, 1.807) is 31.3 Å². The summed E-state index contributed by atoms with van der Waals surface area (Å²) in [6.45, 7) is 5.66. The molecule has 0 fully saturated rings. The van der Waals surface area contributed by atoms with Crippen LogP contribution in [0.2, 0.25) is 0 Å². The van der Waals surface area contributed by atoms with E-state index in [9.17, 15) is 14.3 Å². The van der Waals surface area contributed by atoms with Gasteiger partial charge in [0.15, 0.2) is 16.6 Å². The summed E-state index contributed by atoms with van der Waals surface area (Å²) in [4.78, 5) is 15.2. The van der Waals surface area contributed by atoms with E-state index in [1.165, 1.54) is 10.2 Å². The Morgan fingerprint density at radius 1 is 1.17 bits per heavy atom. The maximum atomic E-state index is 12.6. The molecular weight excluding hydrogens is 314 g/mol. The Kier molecular flexibility index (Phi) is 5.23. The second-order valence-electron chi connectivity index (χ2n) is 4.47. The van der Waals surface area contributed by atoms with Crippen LogP contribution in [0.3, 0.4) is 0 Å². The number of aryl methyl sites for hydroxylation is 1. The number of nitro groups is 1. The third-order valence-corrected chi connectivity index (χ3v) is 4.57. The first-order valence-corrected chi connectivity index (χ1v) is 8.28. The molecule has 0 aliphatic carbocycles. The van der Waals surface area contributed by atoms with Gasteiger partial charge in [-0.05, 0) is 25.1 Å². The van der Waals surface area contributed by atoms with Crippen LogP contribution in [0, 0.1) is 17.0 Å². The van der Waals surface area contributed by atoms with Gasteiger partial charge in [0.25, 0.3) is 5.69 Å². The maximum Gasteiger partial charge on any atom is 0.291 e. The Morgan fingerprint density at radius 3 is 2.43 bits per heavy atom. The monoisotopic (exact) mass is 331 g/mol. The summed E-state index contributed by atoms with van der Waals surface area (Å²) < 4.78 is 14.1. The number of hydrogen-bond donors (Lipinski definition) is 0. The molecule has 0 spiro atoms. The molecule has 2 heterocycles. The van der Waals surface area contributed by atoms with E-state index in [-0.39, 0.29) is 5.69 Å². The zero-order chi connectivity index (χ0) is 17.0. The number of nitrogens with zero attached hydrogens (tertiary/aromatic N) is 3. The van der Waals surface area contributed by atoms with E-state index in [2.05, 4.69) is 4.98 Å². The average molecular weight is 331 g/mol. The van der Waals surface area contributed by atoms with Gasteiger partial charge in [-0.15, -0.1) is 0 Å². The summed E-state index contributed by atoms with van der Waals surface area (Å²) in [5.74, 6) is 0. The summed E-state index contributed by atoms with van der Waals surface area (Å²) >= 11 is 0. The van der Waals surface area contributed by atoms with Crippen molar-refractivity contribution in [3.05, 3.63) is 64.5 Å². The number of benzene rings is 1. The summed E-state index contributed by atoms with van der Waals surface area (Å²) in [5.41, 5.74) is 0.958. The Morgan fingerprint density at radius 2 is 1.83 bits per heavy atom. The molecule has 3 aromatic rings. The highest BCUT2D eigenvalue weighted by Crippen LogP contribution is 2.27. The van der Waals surface area contributed by atoms with Gasteiger partial charge in [-0.3, -0.25) is 10.1 Å². The Bertz CT molecular complexity index is 860.